The maximum absolute atomic E-state index is 5.34. The maximum Gasteiger partial charge on any atom is 0.0719 e. The molecule has 72 valence electrons. The topological polar surface area (TPSA) is 35.2 Å². The van der Waals surface area contributed by atoms with Crippen molar-refractivity contribution < 1.29 is 4.74 Å². The summed E-state index contributed by atoms with van der Waals surface area (Å²) in [5.74, 6) is 0. The van der Waals surface area contributed by atoms with Gasteiger partial charge in [-0.3, -0.25) is 0 Å². The lowest BCUT2D eigenvalue weighted by Crippen LogP contribution is -2.09. The Hall–Kier alpha value is -0.860. The van der Waals surface area contributed by atoms with Crippen molar-refractivity contribution in [2.24, 2.45) is 5.73 Å². The van der Waals surface area contributed by atoms with Gasteiger partial charge in [0.05, 0.1) is 13.2 Å². The summed E-state index contributed by atoms with van der Waals surface area (Å²) in [5, 5.41) is 0. The van der Waals surface area contributed by atoms with Gasteiger partial charge in [0.25, 0.3) is 0 Å². The zero-order valence-electron chi connectivity index (χ0n) is 8.34. The summed E-state index contributed by atoms with van der Waals surface area (Å²) in [7, 11) is 1.50. The SMILES string of the molecule is CN.Cc1ccc2c(c1)CCOC2. The van der Waals surface area contributed by atoms with Gasteiger partial charge in [-0.25, -0.2) is 0 Å². The van der Waals surface area contributed by atoms with E-state index in [4.69, 9.17) is 4.74 Å². The monoisotopic (exact) mass is 179 g/mol. The number of benzene rings is 1. The van der Waals surface area contributed by atoms with Gasteiger partial charge in [-0.2, -0.15) is 0 Å². The van der Waals surface area contributed by atoms with Crippen molar-refractivity contribution in [3.05, 3.63) is 34.9 Å². The van der Waals surface area contributed by atoms with Crippen molar-refractivity contribution in [2.45, 2.75) is 20.0 Å². The molecule has 1 aromatic carbocycles. The van der Waals surface area contributed by atoms with Gasteiger partial charge < -0.3 is 10.5 Å². The van der Waals surface area contributed by atoms with Gasteiger partial charge in [0.15, 0.2) is 0 Å². The maximum atomic E-state index is 5.34. The van der Waals surface area contributed by atoms with E-state index in [1.54, 1.807) is 0 Å². The van der Waals surface area contributed by atoms with Crippen LogP contribution in [0.25, 0.3) is 0 Å². The predicted molar refractivity (Wildman–Crippen MR) is 54.7 cm³/mol. The van der Waals surface area contributed by atoms with Crippen molar-refractivity contribution in [2.75, 3.05) is 13.7 Å². The van der Waals surface area contributed by atoms with Gasteiger partial charge in [0.1, 0.15) is 0 Å². The lowest BCUT2D eigenvalue weighted by molar-refractivity contribution is 0.111. The van der Waals surface area contributed by atoms with Crippen LogP contribution in [0.2, 0.25) is 0 Å². The normalized spacial score (nSPS) is 14.1. The van der Waals surface area contributed by atoms with E-state index in [0.717, 1.165) is 19.6 Å². The first kappa shape index (κ1) is 10.2. The van der Waals surface area contributed by atoms with Crippen LogP contribution in [0.3, 0.4) is 0 Å². The second-order valence-electron chi connectivity index (χ2n) is 3.07. The van der Waals surface area contributed by atoms with Crippen LogP contribution in [-0.4, -0.2) is 13.7 Å². The number of aryl methyl sites for hydroxylation is 1. The highest BCUT2D eigenvalue weighted by Gasteiger charge is 2.07. The average molecular weight is 179 g/mol. The third kappa shape index (κ3) is 2.54. The van der Waals surface area contributed by atoms with Gasteiger partial charge in [-0.15, -0.1) is 0 Å². The summed E-state index contributed by atoms with van der Waals surface area (Å²) in [6.45, 7) is 3.82. The van der Waals surface area contributed by atoms with Crippen molar-refractivity contribution in [3.63, 3.8) is 0 Å². The molecule has 2 rings (SSSR count). The highest BCUT2D eigenvalue weighted by molar-refractivity contribution is 5.32. The Kier molecular flexibility index (Phi) is 3.93. The molecule has 2 nitrogen and oxygen atoms in total. The fourth-order valence-corrected chi connectivity index (χ4v) is 1.49. The van der Waals surface area contributed by atoms with Gasteiger partial charge in [-0.1, -0.05) is 23.8 Å². The third-order valence-corrected chi connectivity index (χ3v) is 2.14. The molecule has 0 spiro atoms. The highest BCUT2D eigenvalue weighted by Crippen LogP contribution is 2.17. The summed E-state index contributed by atoms with van der Waals surface area (Å²) in [4.78, 5) is 0. The second-order valence-corrected chi connectivity index (χ2v) is 3.07. The van der Waals surface area contributed by atoms with Crippen LogP contribution in [0.15, 0.2) is 18.2 Å². The van der Waals surface area contributed by atoms with Crippen molar-refractivity contribution >= 4 is 0 Å². The largest absolute Gasteiger partial charge is 0.376 e. The molecule has 0 amide bonds. The van der Waals surface area contributed by atoms with Crippen LogP contribution in [0, 0.1) is 6.92 Å². The van der Waals surface area contributed by atoms with E-state index in [-0.39, 0.29) is 0 Å². The fraction of sp³-hybridized carbons (Fsp3) is 0.455. The zero-order valence-corrected chi connectivity index (χ0v) is 8.34. The van der Waals surface area contributed by atoms with Gasteiger partial charge in [0, 0.05) is 0 Å². The molecule has 0 aromatic heterocycles. The molecule has 0 unspecified atom stereocenters. The van der Waals surface area contributed by atoms with Crippen LogP contribution in [0.1, 0.15) is 16.7 Å². The Morgan fingerprint density at radius 3 is 2.77 bits per heavy atom. The van der Waals surface area contributed by atoms with E-state index in [0.29, 0.717) is 0 Å². The standard InChI is InChI=1S/C10H12O.CH5N/c1-8-2-3-10-7-11-5-4-9(10)6-8;1-2/h2-3,6H,4-5,7H2,1H3;2H2,1H3. The number of rotatable bonds is 0. The van der Waals surface area contributed by atoms with E-state index < -0.39 is 0 Å². The molecule has 2 N–H and O–H groups in total. The first-order valence-electron chi connectivity index (χ1n) is 4.60. The van der Waals surface area contributed by atoms with Crippen LogP contribution < -0.4 is 5.73 Å². The third-order valence-electron chi connectivity index (χ3n) is 2.14. The first-order valence-corrected chi connectivity index (χ1v) is 4.60. The minimum atomic E-state index is 0.801. The molecule has 1 aliphatic rings. The van der Waals surface area contributed by atoms with Crippen molar-refractivity contribution in [1.82, 2.24) is 0 Å². The molecule has 2 heteroatoms. The molecule has 1 aromatic rings. The average Bonchev–Trinajstić information content (AvgIpc) is 2.21. The van der Waals surface area contributed by atoms with Crippen LogP contribution >= 0.6 is 0 Å². The molecule has 13 heavy (non-hydrogen) atoms. The van der Waals surface area contributed by atoms with Gasteiger partial charge in [0.2, 0.25) is 0 Å². The predicted octanol–water partition coefficient (Wildman–Crippen LogP) is 1.64. The molecular weight excluding hydrogens is 162 g/mol. The summed E-state index contributed by atoms with van der Waals surface area (Å²) in [6, 6.07) is 6.58. The number of hydrogen-bond donors (Lipinski definition) is 1. The number of nitrogens with two attached hydrogens (primary N) is 1. The number of ether oxygens (including phenoxy) is 1. The number of hydrogen-bond acceptors (Lipinski definition) is 2. The fourth-order valence-electron chi connectivity index (χ4n) is 1.49. The van der Waals surface area contributed by atoms with Crippen LogP contribution in [0.5, 0.6) is 0 Å². The lowest BCUT2D eigenvalue weighted by atomic mass is 10.0. The van der Waals surface area contributed by atoms with Crippen LogP contribution in [-0.2, 0) is 17.8 Å². The summed E-state index contributed by atoms with van der Waals surface area (Å²) in [5.41, 5.74) is 8.68. The Morgan fingerprint density at radius 1 is 1.23 bits per heavy atom. The molecule has 0 atom stereocenters. The molecule has 0 fully saturated rings. The smallest absolute Gasteiger partial charge is 0.0719 e. The molecule has 0 bridgehead atoms. The van der Waals surface area contributed by atoms with E-state index in [2.05, 4.69) is 30.9 Å². The molecule has 0 saturated carbocycles. The van der Waals surface area contributed by atoms with Crippen LogP contribution in [0.4, 0.5) is 0 Å². The Morgan fingerprint density at radius 2 is 2.00 bits per heavy atom. The Labute approximate surface area is 79.7 Å². The molecule has 0 radical (unpaired) electrons. The molecule has 0 aliphatic carbocycles. The molecule has 1 heterocycles. The summed E-state index contributed by atoms with van der Waals surface area (Å²) in [6.07, 6.45) is 1.08. The highest BCUT2D eigenvalue weighted by atomic mass is 16.5. The second kappa shape index (κ2) is 5.00. The van der Waals surface area contributed by atoms with Gasteiger partial charge in [-0.05, 0) is 31.5 Å². The van der Waals surface area contributed by atoms with Crippen molar-refractivity contribution in [1.29, 1.82) is 0 Å². The summed E-state index contributed by atoms with van der Waals surface area (Å²) >= 11 is 0. The minimum absolute atomic E-state index is 0.801. The molecular formula is C11H17NO. The number of fused-ring (bicyclic) bond motifs is 1. The van der Waals surface area contributed by atoms with Gasteiger partial charge >= 0.3 is 0 Å². The lowest BCUT2D eigenvalue weighted by Gasteiger charge is -2.16. The summed E-state index contributed by atoms with van der Waals surface area (Å²) < 4.78 is 5.34. The van der Waals surface area contributed by atoms with E-state index in [9.17, 15) is 0 Å². The molecule has 1 aliphatic heterocycles. The quantitative estimate of drug-likeness (QED) is 0.657. The Bertz CT molecular complexity index is 271. The van der Waals surface area contributed by atoms with E-state index in [1.807, 2.05) is 0 Å². The Balaban J connectivity index is 0.000000396. The van der Waals surface area contributed by atoms with E-state index in [1.165, 1.54) is 23.7 Å². The zero-order chi connectivity index (χ0) is 9.68. The minimum Gasteiger partial charge on any atom is -0.376 e. The first-order chi connectivity index (χ1) is 6.36. The van der Waals surface area contributed by atoms with Crippen molar-refractivity contribution in [3.8, 4) is 0 Å². The van der Waals surface area contributed by atoms with E-state index >= 15 is 0 Å². The molecule has 0 saturated heterocycles.